The molecule has 0 spiro atoms. The monoisotopic (exact) mass is 451 g/mol. The first-order chi connectivity index (χ1) is 14.8. The number of aromatic nitrogens is 4. The number of hydrogen-bond donors (Lipinski definition) is 7. The number of hydrazone groups is 1. The zero-order valence-electron chi connectivity index (χ0n) is 15.7. The number of aromatic amines is 1. The van der Waals surface area contributed by atoms with Gasteiger partial charge in [0.05, 0.1) is 12.8 Å². The number of hydrogen-bond acceptors (Lipinski definition) is 11. The van der Waals surface area contributed by atoms with E-state index in [9.17, 15) is 25.2 Å². The van der Waals surface area contributed by atoms with E-state index in [0.29, 0.717) is 10.6 Å². The van der Waals surface area contributed by atoms with Crippen LogP contribution in [-0.4, -0.2) is 71.1 Å². The topological polar surface area (TPSA) is 204 Å². The number of imidazole rings is 1. The molecule has 1 aromatic carbocycles. The molecular weight excluding hydrogens is 434 g/mol. The van der Waals surface area contributed by atoms with E-state index in [-0.39, 0.29) is 28.8 Å². The van der Waals surface area contributed by atoms with Crippen LogP contribution in [0.5, 0.6) is 5.75 Å². The Bertz CT molecular complexity index is 1210. The van der Waals surface area contributed by atoms with Crippen LogP contribution in [0.3, 0.4) is 0 Å². The summed E-state index contributed by atoms with van der Waals surface area (Å²) < 4.78 is 6.73. The molecule has 0 radical (unpaired) electrons. The van der Waals surface area contributed by atoms with Gasteiger partial charge in [-0.15, -0.1) is 0 Å². The van der Waals surface area contributed by atoms with Crippen molar-refractivity contribution < 1.29 is 25.2 Å². The molecule has 0 saturated carbocycles. The van der Waals surface area contributed by atoms with Gasteiger partial charge in [-0.25, -0.2) is 10.4 Å². The number of aliphatic hydroxyl groups excluding tert-OH is 3. The molecule has 1 saturated heterocycles. The van der Waals surface area contributed by atoms with Crippen molar-refractivity contribution >= 4 is 40.9 Å². The van der Waals surface area contributed by atoms with E-state index in [0.717, 1.165) is 0 Å². The van der Waals surface area contributed by atoms with Gasteiger partial charge in [-0.2, -0.15) is 10.1 Å². The largest absolute Gasteiger partial charge is 0.507 e. The highest BCUT2D eigenvalue weighted by Crippen LogP contribution is 2.34. The number of nitrogen functional groups attached to an aromatic ring is 1. The molecule has 1 fully saturated rings. The number of aliphatic hydroxyl groups is 3. The van der Waals surface area contributed by atoms with E-state index in [2.05, 4.69) is 25.5 Å². The highest BCUT2D eigenvalue weighted by atomic mass is 35.5. The smallest absolute Gasteiger partial charge is 0.280 e. The Labute approximate surface area is 178 Å². The molecule has 14 heteroatoms. The Morgan fingerprint density at radius 3 is 2.84 bits per heavy atom. The van der Waals surface area contributed by atoms with Gasteiger partial charge in [-0.3, -0.25) is 14.3 Å². The van der Waals surface area contributed by atoms with E-state index in [1.54, 1.807) is 0 Å². The van der Waals surface area contributed by atoms with Crippen LogP contribution >= 0.6 is 11.6 Å². The Morgan fingerprint density at radius 1 is 1.35 bits per heavy atom. The maximum atomic E-state index is 12.3. The second kappa shape index (κ2) is 8.13. The molecule has 13 nitrogen and oxygen atoms in total. The van der Waals surface area contributed by atoms with Gasteiger partial charge in [0, 0.05) is 10.6 Å². The van der Waals surface area contributed by atoms with Crippen molar-refractivity contribution in [1.29, 1.82) is 0 Å². The van der Waals surface area contributed by atoms with Gasteiger partial charge in [0.15, 0.2) is 17.4 Å². The van der Waals surface area contributed by atoms with Crippen molar-refractivity contribution in [3.05, 3.63) is 39.1 Å². The van der Waals surface area contributed by atoms with Crippen molar-refractivity contribution in [3.63, 3.8) is 0 Å². The van der Waals surface area contributed by atoms with Gasteiger partial charge in [-0.1, -0.05) is 11.6 Å². The van der Waals surface area contributed by atoms with Crippen molar-refractivity contribution in [2.75, 3.05) is 17.8 Å². The number of H-pyrrole nitrogens is 1. The average molecular weight is 452 g/mol. The summed E-state index contributed by atoms with van der Waals surface area (Å²) in [6.45, 7) is -0.549. The standard InChI is InChI=1S/C17H18ClN7O6/c18-7-1-2-8(27)6(3-7)4-20-24-17-21-10-13(22-16(19)23-14(10)30)25(17)15-12(29)11(28)9(5-26)31-15/h1-4,9,11-12,15,26-29H,5H2,(H,21,24)(H3,19,22,23,30)/b20-4-/t9-,11-,12+,15-/m1/s1. The number of halogens is 1. The van der Waals surface area contributed by atoms with E-state index < -0.39 is 36.7 Å². The molecule has 0 aliphatic carbocycles. The Morgan fingerprint density at radius 2 is 2.13 bits per heavy atom. The summed E-state index contributed by atoms with van der Waals surface area (Å²) in [4.78, 5) is 22.7. The van der Waals surface area contributed by atoms with Crippen LogP contribution in [0.2, 0.25) is 5.02 Å². The molecule has 31 heavy (non-hydrogen) atoms. The minimum Gasteiger partial charge on any atom is -0.507 e. The molecule has 0 amide bonds. The molecule has 0 unspecified atom stereocenters. The summed E-state index contributed by atoms with van der Waals surface area (Å²) in [5, 5.41) is 44.2. The predicted octanol–water partition coefficient (Wildman–Crippen LogP) is -0.882. The summed E-state index contributed by atoms with van der Waals surface area (Å²) in [6.07, 6.45) is -3.95. The first-order valence-electron chi connectivity index (χ1n) is 8.98. The minimum absolute atomic E-state index is 0.0422. The van der Waals surface area contributed by atoms with Gasteiger partial charge < -0.3 is 30.9 Å². The van der Waals surface area contributed by atoms with Gasteiger partial charge in [0.2, 0.25) is 11.9 Å². The summed E-state index contributed by atoms with van der Waals surface area (Å²) >= 11 is 5.91. The zero-order valence-corrected chi connectivity index (χ0v) is 16.4. The number of nitrogens with two attached hydrogens (primary N) is 1. The minimum atomic E-state index is -1.47. The van der Waals surface area contributed by atoms with Crippen LogP contribution in [0, 0.1) is 0 Å². The zero-order chi connectivity index (χ0) is 22.3. The third-order valence-electron chi connectivity index (χ3n) is 4.70. The van der Waals surface area contributed by atoms with Crippen LogP contribution < -0.4 is 16.7 Å². The third-order valence-corrected chi connectivity index (χ3v) is 4.93. The number of phenolic OH excluding ortho intramolecular Hbond substituents is 1. The normalized spacial score (nSPS) is 23.7. The molecule has 8 N–H and O–H groups in total. The number of anilines is 2. The van der Waals surface area contributed by atoms with E-state index in [1.807, 2.05) is 0 Å². The summed E-state index contributed by atoms with van der Waals surface area (Å²) in [6, 6.07) is 4.37. The molecule has 4 atom stereocenters. The van der Waals surface area contributed by atoms with Crippen LogP contribution in [0.25, 0.3) is 11.2 Å². The summed E-state index contributed by atoms with van der Waals surface area (Å²) in [5.41, 5.74) is 7.71. The van der Waals surface area contributed by atoms with Crippen LogP contribution in [0.15, 0.2) is 28.1 Å². The fraction of sp³-hybridized carbons (Fsp3) is 0.294. The number of rotatable bonds is 5. The van der Waals surface area contributed by atoms with Gasteiger partial charge >= 0.3 is 0 Å². The predicted molar refractivity (Wildman–Crippen MR) is 110 cm³/mol. The summed E-state index contributed by atoms with van der Waals surface area (Å²) in [7, 11) is 0. The fourth-order valence-corrected chi connectivity index (χ4v) is 3.38. The Balaban J connectivity index is 1.77. The van der Waals surface area contributed by atoms with Gasteiger partial charge in [0.1, 0.15) is 24.1 Å². The lowest BCUT2D eigenvalue weighted by atomic mass is 10.1. The molecule has 3 aromatic rings. The number of ether oxygens (including phenoxy) is 1. The number of fused-ring (bicyclic) bond motifs is 1. The van der Waals surface area contributed by atoms with Gasteiger partial charge in [-0.05, 0) is 18.2 Å². The average Bonchev–Trinajstić information content (AvgIpc) is 3.22. The molecule has 1 aliphatic rings. The lowest BCUT2D eigenvalue weighted by Gasteiger charge is -2.18. The second-order valence-electron chi connectivity index (χ2n) is 6.73. The fourth-order valence-electron chi connectivity index (χ4n) is 3.20. The molecule has 4 rings (SSSR count). The quantitative estimate of drug-likeness (QED) is 0.188. The first kappa shape index (κ1) is 21.0. The number of nitrogens with zero attached hydrogens (tertiary/aromatic N) is 4. The van der Waals surface area contributed by atoms with Crippen molar-refractivity contribution in [2.45, 2.75) is 24.5 Å². The molecular formula is C17H18ClN7O6. The molecule has 0 bridgehead atoms. The lowest BCUT2D eigenvalue weighted by molar-refractivity contribution is -0.0501. The van der Waals surface area contributed by atoms with Crippen molar-refractivity contribution in [1.82, 2.24) is 19.5 Å². The molecule has 164 valence electrons. The van der Waals surface area contributed by atoms with E-state index >= 15 is 0 Å². The summed E-state index contributed by atoms with van der Waals surface area (Å²) in [5.74, 6) is -0.353. The Hall–Kier alpha value is -3.23. The number of nitrogens with one attached hydrogen (secondary N) is 2. The van der Waals surface area contributed by atoms with Crippen molar-refractivity contribution in [3.8, 4) is 5.75 Å². The van der Waals surface area contributed by atoms with Crippen LogP contribution in [-0.2, 0) is 4.74 Å². The van der Waals surface area contributed by atoms with E-state index in [1.165, 1.54) is 29.0 Å². The SMILES string of the molecule is Nc1nc2c(nc(N/N=C\c3cc(Cl)ccc3O)n2[C@@H]2O[C@H](CO)[C@@H](O)[C@@H]2O)c(=O)[nH]1. The first-order valence-corrected chi connectivity index (χ1v) is 9.35. The molecule has 2 aromatic heterocycles. The molecule has 3 heterocycles. The van der Waals surface area contributed by atoms with Crippen LogP contribution in [0.4, 0.5) is 11.9 Å². The van der Waals surface area contributed by atoms with Crippen LogP contribution in [0.1, 0.15) is 11.8 Å². The number of phenols is 1. The highest BCUT2D eigenvalue weighted by Gasteiger charge is 2.45. The maximum absolute atomic E-state index is 12.3. The van der Waals surface area contributed by atoms with E-state index in [4.69, 9.17) is 22.1 Å². The second-order valence-corrected chi connectivity index (χ2v) is 7.17. The maximum Gasteiger partial charge on any atom is 0.280 e. The van der Waals surface area contributed by atoms with Crippen molar-refractivity contribution in [2.24, 2.45) is 5.10 Å². The number of benzene rings is 1. The highest BCUT2D eigenvalue weighted by molar-refractivity contribution is 6.30. The lowest BCUT2D eigenvalue weighted by Crippen LogP contribution is -2.33. The third kappa shape index (κ3) is 3.80. The van der Waals surface area contributed by atoms with Gasteiger partial charge in [0.25, 0.3) is 5.56 Å². The number of aromatic hydroxyl groups is 1. The molecule has 1 aliphatic heterocycles. The Kier molecular flexibility index (Phi) is 5.51.